The van der Waals surface area contributed by atoms with Crippen molar-refractivity contribution < 1.29 is 14.3 Å². The van der Waals surface area contributed by atoms with Crippen molar-refractivity contribution in [1.82, 2.24) is 0 Å². The highest BCUT2D eigenvalue weighted by Crippen LogP contribution is 2.37. The van der Waals surface area contributed by atoms with Crippen LogP contribution >= 0.6 is 11.6 Å². The third-order valence-corrected chi connectivity index (χ3v) is 2.96. The van der Waals surface area contributed by atoms with E-state index in [1.165, 1.54) is 6.08 Å². The third kappa shape index (κ3) is 3.78. The molecule has 0 aliphatic carbocycles. The highest BCUT2D eigenvalue weighted by atomic mass is 35.5. The standard InChI is InChI=1S/C15H16ClNO3/c1-2-3-4-6-15(18)17-12-10-14-13(9-11(12)16)19-7-5-8-20-14/h2-4,6,9-10H,5,7-8H2,1H3,(H,17,18)/b3-2+,6-4+. The Labute approximate surface area is 123 Å². The van der Waals surface area contributed by atoms with Crippen molar-refractivity contribution in [3.63, 3.8) is 0 Å². The number of halogens is 1. The summed E-state index contributed by atoms with van der Waals surface area (Å²) < 4.78 is 11.1. The molecule has 1 aromatic carbocycles. The van der Waals surface area contributed by atoms with E-state index in [4.69, 9.17) is 21.1 Å². The lowest BCUT2D eigenvalue weighted by atomic mass is 10.2. The summed E-state index contributed by atoms with van der Waals surface area (Å²) >= 11 is 6.13. The molecule has 0 saturated carbocycles. The fourth-order valence-corrected chi connectivity index (χ4v) is 1.91. The second-order valence-corrected chi connectivity index (χ2v) is 4.61. The van der Waals surface area contributed by atoms with Crippen LogP contribution in [0.25, 0.3) is 0 Å². The molecule has 1 aromatic rings. The molecule has 0 spiro atoms. The SMILES string of the molecule is C/C=C/C=C/C(=O)Nc1cc2c(cc1Cl)OCCCO2. The normalized spacial score (nSPS) is 14.5. The average Bonchev–Trinajstić information content (AvgIpc) is 2.64. The Balaban J connectivity index is 2.16. The maximum Gasteiger partial charge on any atom is 0.248 e. The van der Waals surface area contributed by atoms with Crippen LogP contribution in [-0.2, 0) is 4.79 Å². The van der Waals surface area contributed by atoms with Crippen LogP contribution < -0.4 is 14.8 Å². The Kier molecular flexibility index (Phi) is 5.07. The minimum Gasteiger partial charge on any atom is -0.490 e. The van der Waals surface area contributed by atoms with Gasteiger partial charge in [0, 0.05) is 24.6 Å². The molecule has 1 N–H and O–H groups in total. The second kappa shape index (κ2) is 7.01. The number of rotatable bonds is 3. The van der Waals surface area contributed by atoms with E-state index in [1.807, 2.05) is 13.0 Å². The molecule has 1 amide bonds. The van der Waals surface area contributed by atoms with Gasteiger partial charge in [-0.05, 0) is 6.92 Å². The van der Waals surface area contributed by atoms with Crippen LogP contribution in [0.5, 0.6) is 11.5 Å². The maximum atomic E-state index is 11.7. The van der Waals surface area contributed by atoms with Gasteiger partial charge in [0.1, 0.15) is 0 Å². The van der Waals surface area contributed by atoms with E-state index in [-0.39, 0.29) is 5.91 Å². The molecule has 0 saturated heterocycles. The number of ether oxygens (including phenoxy) is 2. The highest BCUT2D eigenvalue weighted by molar-refractivity contribution is 6.34. The predicted octanol–water partition coefficient (Wildman–Crippen LogP) is 3.57. The van der Waals surface area contributed by atoms with Crippen molar-refractivity contribution in [3.8, 4) is 11.5 Å². The van der Waals surface area contributed by atoms with Crippen molar-refractivity contribution in [2.75, 3.05) is 18.5 Å². The number of allylic oxidation sites excluding steroid dienone is 3. The van der Waals surface area contributed by atoms with E-state index in [1.54, 1.807) is 24.3 Å². The van der Waals surface area contributed by atoms with E-state index in [0.717, 1.165) is 6.42 Å². The van der Waals surface area contributed by atoms with Gasteiger partial charge >= 0.3 is 0 Å². The molecule has 0 unspecified atom stereocenters. The number of amides is 1. The third-order valence-electron chi connectivity index (χ3n) is 2.65. The first-order valence-electron chi connectivity index (χ1n) is 6.40. The fraction of sp³-hybridized carbons (Fsp3) is 0.267. The summed E-state index contributed by atoms with van der Waals surface area (Å²) in [7, 11) is 0. The van der Waals surface area contributed by atoms with Crippen LogP contribution in [-0.4, -0.2) is 19.1 Å². The second-order valence-electron chi connectivity index (χ2n) is 4.20. The van der Waals surface area contributed by atoms with Gasteiger partial charge in [-0.1, -0.05) is 29.8 Å². The first-order valence-corrected chi connectivity index (χ1v) is 6.78. The Hall–Kier alpha value is -1.94. The van der Waals surface area contributed by atoms with Gasteiger partial charge in [-0.2, -0.15) is 0 Å². The lowest BCUT2D eigenvalue weighted by Crippen LogP contribution is -2.08. The van der Waals surface area contributed by atoms with Gasteiger partial charge in [0.15, 0.2) is 11.5 Å². The molecule has 0 aromatic heterocycles. The minimum absolute atomic E-state index is 0.250. The number of benzene rings is 1. The Bertz CT molecular complexity index is 552. The molecule has 5 heteroatoms. The van der Waals surface area contributed by atoms with Crippen LogP contribution in [0.2, 0.25) is 5.02 Å². The Morgan fingerprint density at radius 2 is 1.95 bits per heavy atom. The van der Waals surface area contributed by atoms with Gasteiger partial charge in [0.2, 0.25) is 5.91 Å². The molecule has 2 rings (SSSR count). The van der Waals surface area contributed by atoms with E-state index >= 15 is 0 Å². The summed E-state index contributed by atoms with van der Waals surface area (Å²) in [5, 5.41) is 3.13. The molecule has 1 aliphatic heterocycles. The zero-order valence-electron chi connectivity index (χ0n) is 11.2. The van der Waals surface area contributed by atoms with Crippen molar-refractivity contribution >= 4 is 23.2 Å². The molecular weight excluding hydrogens is 278 g/mol. The summed E-state index contributed by atoms with van der Waals surface area (Å²) in [6, 6.07) is 3.35. The quantitative estimate of drug-likeness (QED) is 0.684. The molecule has 106 valence electrons. The van der Waals surface area contributed by atoms with Crippen molar-refractivity contribution in [3.05, 3.63) is 41.5 Å². The zero-order chi connectivity index (χ0) is 14.4. The number of nitrogens with one attached hydrogen (secondary N) is 1. The van der Waals surface area contributed by atoms with Crippen LogP contribution in [0.3, 0.4) is 0 Å². The van der Waals surface area contributed by atoms with E-state index in [2.05, 4.69) is 5.32 Å². The lowest BCUT2D eigenvalue weighted by Gasteiger charge is -2.11. The topological polar surface area (TPSA) is 47.6 Å². The molecule has 0 bridgehead atoms. The van der Waals surface area contributed by atoms with Gasteiger partial charge in [0.25, 0.3) is 0 Å². The van der Waals surface area contributed by atoms with E-state index in [9.17, 15) is 4.79 Å². The molecule has 20 heavy (non-hydrogen) atoms. The van der Waals surface area contributed by atoms with E-state index in [0.29, 0.717) is 35.4 Å². The summed E-state index contributed by atoms with van der Waals surface area (Å²) in [4.78, 5) is 11.7. The van der Waals surface area contributed by atoms with Gasteiger partial charge in [-0.3, -0.25) is 4.79 Å². The molecular formula is C15H16ClNO3. The Morgan fingerprint density at radius 3 is 2.65 bits per heavy atom. The largest absolute Gasteiger partial charge is 0.490 e. The van der Waals surface area contributed by atoms with Crippen LogP contribution in [0.15, 0.2) is 36.4 Å². The van der Waals surface area contributed by atoms with Crippen LogP contribution in [0.4, 0.5) is 5.69 Å². The summed E-state index contributed by atoms with van der Waals surface area (Å²) in [5.41, 5.74) is 0.506. The number of fused-ring (bicyclic) bond motifs is 1. The maximum absolute atomic E-state index is 11.7. The van der Waals surface area contributed by atoms with E-state index < -0.39 is 0 Å². The Morgan fingerprint density at radius 1 is 1.25 bits per heavy atom. The summed E-state index contributed by atoms with van der Waals surface area (Å²) in [5.74, 6) is 0.953. The molecule has 0 radical (unpaired) electrons. The molecule has 1 heterocycles. The monoisotopic (exact) mass is 293 g/mol. The molecule has 4 nitrogen and oxygen atoms in total. The summed E-state index contributed by atoms with van der Waals surface area (Å²) in [6.45, 7) is 3.06. The van der Waals surface area contributed by atoms with Crippen LogP contribution in [0.1, 0.15) is 13.3 Å². The molecule has 0 atom stereocenters. The van der Waals surface area contributed by atoms with Gasteiger partial charge < -0.3 is 14.8 Å². The van der Waals surface area contributed by atoms with Gasteiger partial charge in [-0.25, -0.2) is 0 Å². The summed E-state index contributed by atoms with van der Waals surface area (Å²) in [6.07, 6.45) is 7.52. The average molecular weight is 294 g/mol. The smallest absolute Gasteiger partial charge is 0.248 e. The number of carbonyl (C=O) groups is 1. The minimum atomic E-state index is -0.250. The fourth-order valence-electron chi connectivity index (χ4n) is 1.71. The van der Waals surface area contributed by atoms with Crippen molar-refractivity contribution in [2.24, 2.45) is 0 Å². The van der Waals surface area contributed by atoms with Crippen molar-refractivity contribution in [1.29, 1.82) is 0 Å². The highest BCUT2D eigenvalue weighted by Gasteiger charge is 2.14. The zero-order valence-corrected chi connectivity index (χ0v) is 11.9. The van der Waals surface area contributed by atoms with Gasteiger partial charge in [-0.15, -0.1) is 0 Å². The molecule has 0 fully saturated rings. The number of anilines is 1. The number of carbonyl (C=O) groups excluding carboxylic acids is 1. The first-order chi connectivity index (χ1) is 9.70. The molecule has 1 aliphatic rings. The van der Waals surface area contributed by atoms with Gasteiger partial charge in [0.05, 0.1) is 23.9 Å². The number of hydrogen-bond acceptors (Lipinski definition) is 3. The first kappa shape index (κ1) is 14.5. The lowest BCUT2D eigenvalue weighted by molar-refractivity contribution is -0.111. The van der Waals surface area contributed by atoms with Crippen LogP contribution in [0, 0.1) is 0 Å². The number of hydrogen-bond donors (Lipinski definition) is 1. The predicted molar refractivity (Wildman–Crippen MR) is 79.6 cm³/mol. The van der Waals surface area contributed by atoms with Crippen molar-refractivity contribution in [2.45, 2.75) is 13.3 Å².